The lowest BCUT2D eigenvalue weighted by Gasteiger charge is -2.41. The highest BCUT2D eigenvalue weighted by Gasteiger charge is 2.37. The predicted octanol–water partition coefficient (Wildman–Crippen LogP) is 2.79. The van der Waals surface area contributed by atoms with E-state index in [0.29, 0.717) is 41.1 Å². The zero-order valence-corrected chi connectivity index (χ0v) is 21.5. The molecule has 0 aliphatic carbocycles. The average Bonchev–Trinajstić information content (AvgIpc) is 3.70. The number of hydrogen-bond acceptors (Lipinski definition) is 7. The van der Waals surface area contributed by atoms with Crippen molar-refractivity contribution in [1.82, 2.24) is 35.1 Å². The number of amides is 2. The Hall–Kier alpha value is -5.13. The molecule has 4 aromatic heterocycles. The number of nitrogens with one attached hydrogen (secondary N) is 5. The number of para-hydroxylation sites is 1. The van der Waals surface area contributed by atoms with Gasteiger partial charge in [0.2, 0.25) is 0 Å². The van der Waals surface area contributed by atoms with Gasteiger partial charge < -0.3 is 21.0 Å². The molecule has 0 spiro atoms. The van der Waals surface area contributed by atoms with E-state index in [1.165, 1.54) is 6.33 Å². The molecule has 2 amide bonds. The molecule has 2 atom stereocenters. The smallest absolute Gasteiger partial charge is 0.278 e. The topological polar surface area (TPSA) is 149 Å². The lowest BCUT2D eigenvalue weighted by molar-refractivity contribution is 0.0947. The number of aromatic nitrogens is 6. The number of rotatable bonds is 8. The molecule has 0 fully saturated rings. The minimum atomic E-state index is -0.463. The molecule has 12 heteroatoms. The highest BCUT2D eigenvalue weighted by Crippen LogP contribution is 2.29. The van der Waals surface area contributed by atoms with Crippen LogP contribution in [0.5, 0.6) is 0 Å². The van der Waals surface area contributed by atoms with Gasteiger partial charge in [0, 0.05) is 30.8 Å². The fourth-order valence-electron chi connectivity index (χ4n) is 4.93. The number of anilines is 2. The van der Waals surface area contributed by atoms with Crippen molar-refractivity contribution in [2.45, 2.75) is 32.5 Å². The Balaban J connectivity index is 1.28. The van der Waals surface area contributed by atoms with Crippen LogP contribution in [0.2, 0.25) is 0 Å². The summed E-state index contributed by atoms with van der Waals surface area (Å²) >= 11 is 0. The zero-order chi connectivity index (χ0) is 26.9. The molecule has 1 unspecified atom stereocenters. The van der Waals surface area contributed by atoms with Crippen molar-refractivity contribution in [2.75, 3.05) is 22.2 Å². The minimum Gasteiger partial charge on any atom is -0.363 e. The number of carbonyl (C=O) groups is 2. The molecule has 6 rings (SSSR count). The van der Waals surface area contributed by atoms with Gasteiger partial charge in [-0.1, -0.05) is 18.2 Å². The van der Waals surface area contributed by atoms with E-state index in [1.54, 1.807) is 28.2 Å². The standard InChI is InChI=1S/C27H28N10O2/c1-16-9-11-36-22(16)27(39)37(19-6-4-3-5-7-19)25(35-36)17(2)34-24-21-20(14-29-23(21)30-15-31-24)26(38)28-10-8-18-12-32-33-13-18/h3-7,9,11-15,17,25,35H,8,10H2,1-2H3,(H,28,38)(H,32,33)(H2,29,30,31,34)/t17-,25?/m0/s1. The van der Waals surface area contributed by atoms with Crippen molar-refractivity contribution < 1.29 is 9.59 Å². The maximum absolute atomic E-state index is 13.7. The summed E-state index contributed by atoms with van der Waals surface area (Å²) in [6, 6.07) is 11.1. The van der Waals surface area contributed by atoms with E-state index in [1.807, 2.05) is 56.4 Å². The van der Waals surface area contributed by atoms with Crippen LogP contribution in [0.4, 0.5) is 11.5 Å². The van der Waals surface area contributed by atoms with Crippen LogP contribution in [0.25, 0.3) is 11.0 Å². The molecule has 5 N–H and O–H groups in total. The van der Waals surface area contributed by atoms with Crippen LogP contribution in [0.1, 0.15) is 38.9 Å². The third-order valence-electron chi connectivity index (χ3n) is 6.90. The van der Waals surface area contributed by atoms with Gasteiger partial charge in [-0.3, -0.25) is 24.3 Å². The fraction of sp³-hybridized carbons (Fsp3) is 0.222. The van der Waals surface area contributed by atoms with E-state index >= 15 is 0 Å². The third kappa shape index (κ3) is 4.45. The second-order valence-electron chi connectivity index (χ2n) is 9.50. The van der Waals surface area contributed by atoms with Crippen LogP contribution in [-0.2, 0) is 6.42 Å². The summed E-state index contributed by atoms with van der Waals surface area (Å²) < 4.78 is 1.77. The molecule has 0 bridgehead atoms. The van der Waals surface area contributed by atoms with E-state index in [-0.39, 0.29) is 17.9 Å². The number of hydrogen-bond donors (Lipinski definition) is 5. The molecule has 198 valence electrons. The Morgan fingerprint density at radius 3 is 2.79 bits per heavy atom. The van der Waals surface area contributed by atoms with Gasteiger partial charge >= 0.3 is 0 Å². The molecule has 1 aliphatic rings. The molecule has 5 aromatic rings. The first-order valence-corrected chi connectivity index (χ1v) is 12.7. The van der Waals surface area contributed by atoms with Crippen molar-refractivity contribution in [2.24, 2.45) is 0 Å². The number of nitrogens with zero attached hydrogens (tertiary/aromatic N) is 5. The maximum Gasteiger partial charge on any atom is 0.278 e. The van der Waals surface area contributed by atoms with E-state index in [4.69, 9.17) is 0 Å². The molecule has 1 aliphatic heterocycles. The van der Waals surface area contributed by atoms with Gasteiger partial charge in [-0.05, 0) is 49.6 Å². The van der Waals surface area contributed by atoms with E-state index in [0.717, 1.165) is 16.8 Å². The first-order valence-electron chi connectivity index (χ1n) is 12.7. The van der Waals surface area contributed by atoms with Gasteiger partial charge in [0.25, 0.3) is 11.8 Å². The monoisotopic (exact) mass is 524 g/mol. The van der Waals surface area contributed by atoms with Crippen LogP contribution in [-0.4, -0.2) is 60.4 Å². The minimum absolute atomic E-state index is 0.103. The molecule has 0 saturated carbocycles. The quantitative estimate of drug-likeness (QED) is 0.210. The Kier molecular flexibility index (Phi) is 6.19. The summed E-state index contributed by atoms with van der Waals surface area (Å²) in [4.78, 5) is 40.4. The van der Waals surface area contributed by atoms with Crippen molar-refractivity contribution in [3.63, 3.8) is 0 Å². The highest BCUT2D eigenvalue weighted by molar-refractivity contribution is 6.10. The van der Waals surface area contributed by atoms with Crippen molar-refractivity contribution in [1.29, 1.82) is 0 Å². The predicted molar refractivity (Wildman–Crippen MR) is 147 cm³/mol. The molecular weight excluding hydrogens is 496 g/mol. The summed E-state index contributed by atoms with van der Waals surface area (Å²) in [7, 11) is 0. The van der Waals surface area contributed by atoms with Crippen molar-refractivity contribution in [3.05, 3.63) is 89.9 Å². The summed E-state index contributed by atoms with van der Waals surface area (Å²) in [5, 5.41) is 13.7. The Bertz CT molecular complexity index is 1620. The first-order chi connectivity index (χ1) is 19.0. The fourth-order valence-corrected chi connectivity index (χ4v) is 4.93. The van der Waals surface area contributed by atoms with Crippen LogP contribution in [0.3, 0.4) is 0 Å². The summed E-state index contributed by atoms with van der Waals surface area (Å²) in [5.41, 5.74) is 7.69. The van der Waals surface area contributed by atoms with Gasteiger partial charge in [-0.25, -0.2) is 9.97 Å². The Morgan fingerprint density at radius 1 is 1.15 bits per heavy atom. The number of aryl methyl sites for hydroxylation is 1. The van der Waals surface area contributed by atoms with Crippen LogP contribution >= 0.6 is 0 Å². The zero-order valence-electron chi connectivity index (χ0n) is 21.5. The second kappa shape index (κ2) is 9.97. The van der Waals surface area contributed by atoms with Crippen molar-refractivity contribution in [3.8, 4) is 0 Å². The van der Waals surface area contributed by atoms with Crippen LogP contribution in [0.15, 0.2) is 67.5 Å². The number of fused-ring (bicyclic) bond motifs is 2. The first kappa shape index (κ1) is 24.2. The molecule has 39 heavy (non-hydrogen) atoms. The summed E-state index contributed by atoms with van der Waals surface area (Å²) in [6.07, 6.45) is 8.65. The maximum atomic E-state index is 13.7. The van der Waals surface area contributed by atoms with E-state index < -0.39 is 6.17 Å². The summed E-state index contributed by atoms with van der Waals surface area (Å²) in [6.45, 7) is 4.34. The van der Waals surface area contributed by atoms with Gasteiger partial charge in [0.05, 0.1) is 23.2 Å². The Morgan fingerprint density at radius 2 is 2.00 bits per heavy atom. The molecule has 0 saturated heterocycles. The van der Waals surface area contributed by atoms with Gasteiger partial charge in [0.1, 0.15) is 29.7 Å². The molecule has 5 heterocycles. The lowest BCUT2D eigenvalue weighted by Crippen LogP contribution is -2.59. The Labute approximate surface area is 223 Å². The molecular formula is C27H28N10O2. The van der Waals surface area contributed by atoms with Crippen molar-refractivity contribution >= 4 is 34.4 Å². The van der Waals surface area contributed by atoms with Gasteiger partial charge in [-0.15, -0.1) is 0 Å². The molecule has 1 aromatic carbocycles. The van der Waals surface area contributed by atoms with Gasteiger partial charge in [-0.2, -0.15) is 5.10 Å². The summed E-state index contributed by atoms with van der Waals surface area (Å²) in [5.74, 6) is 0.151. The SMILES string of the molecule is Cc1ccn2c1C(=O)N(c1ccccc1)C([C@H](C)Nc1ncnc3[nH]cc(C(=O)NCCc4cn[nH]c4)c13)N2. The molecule has 0 radical (unpaired) electrons. The van der Waals surface area contributed by atoms with Crippen LogP contribution < -0.4 is 21.0 Å². The molecule has 12 nitrogen and oxygen atoms in total. The number of aromatic amines is 2. The lowest BCUT2D eigenvalue weighted by atomic mass is 10.1. The van der Waals surface area contributed by atoms with Gasteiger partial charge in [0.15, 0.2) is 0 Å². The normalized spacial score (nSPS) is 15.6. The second-order valence-corrected chi connectivity index (χ2v) is 9.50. The van der Waals surface area contributed by atoms with E-state index in [2.05, 4.69) is 41.2 Å². The van der Waals surface area contributed by atoms with Crippen LogP contribution in [0, 0.1) is 6.92 Å². The third-order valence-corrected chi connectivity index (χ3v) is 6.90. The number of carbonyl (C=O) groups excluding carboxylic acids is 2. The largest absolute Gasteiger partial charge is 0.363 e. The number of benzene rings is 1. The average molecular weight is 525 g/mol. The highest BCUT2D eigenvalue weighted by atomic mass is 16.2. The number of H-pyrrole nitrogens is 2. The van der Waals surface area contributed by atoms with E-state index in [9.17, 15) is 9.59 Å².